The standard InChI is InChI=1S/C14H17FN2O2S/c15-14-9-13(7-6-12(14)5-2-8-16)20(18,19)17-10-11-3-1-4-11/h6-7,9,11,17H,1,3-4,8,10,16H2. The summed E-state index contributed by atoms with van der Waals surface area (Å²) >= 11 is 0. The molecule has 1 fully saturated rings. The number of sulfonamides is 1. The summed E-state index contributed by atoms with van der Waals surface area (Å²) in [5.74, 6) is 4.84. The average molecular weight is 296 g/mol. The van der Waals surface area contributed by atoms with E-state index in [0.717, 1.165) is 25.3 Å². The zero-order valence-electron chi connectivity index (χ0n) is 11.0. The molecule has 1 aliphatic rings. The Morgan fingerprint density at radius 3 is 2.70 bits per heavy atom. The fraction of sp³-hybridized carbons (Fsp3) is 0.429. The molecule has 0 atom stereocenters. The van der Waals surface area contributed by atoms with Gasteiger partial charge >= 0.3 is 0 Å². The van der Waals surface area contributed by atoms with Gasteiger partial charge in [-0.05, 0) is 37.0 Å². The third-order valence-electron chi connectivity index (χ3n) is 3.36. The number of hydrogen-bond donors (Lipinski definition) is 2. The Morgan fingerprint density at radius 1 is 1.40 bits per heavy atom. The van der Waals surface area contributed by atoms with E-state index in [4.69, 9.17) is 5.73 Å². The topological polar surface area (TPSA) is 72.2 Å². The molecule has 3 N–H and O–H groups in total. The van der Waals surface area contributed by atoms with Crippen LogP contribution in [0.4, 0.5) is 4.39 Å². The van der Waals surface area contributed by atoms with Crippen molar-refractivity contribution in [3.05, 3.63) is 29.6 Å². The Balaban J connectivity index is 2.12. The molecule has 0 unspecified atom stereocenters. The molecule has 0 saturated heterocycles. The molecule has 0 aliphatic heterocycles. The van der Waals surface area contributed by atoms with Gasteiger partial charge in [0.15, 0.2) is 0 Å². The molecule has 6 heteroatoms. The van der Waals surface area contributed by atoms with E-state index in [1.807, 2.05) is 0 Å². The Labute approximate surface area is 118 Å². The lowest BCUT2D eigenvalue weighted by atomic mass is 9.86. The van der Waals surface area contributed by atoms with Gasteiger partial charge in [0.1, 0.15) is 5.82 Å². The van der Waals surface area contributed by atoms with Crippen LogP contribution in [0.15, 0.2) is 23.1 Å². The van der Waals surface area contributed by atoms with Crippen molar-refractivity contribution < 1.29 is 12.8 Å². The summed E-state index contributed by atoms with van der Waals surface area (Å²) < 4.78 is 40.3. The summed E-state index contributed by atoms with van der Waals surface area (Å²) in [6.07, 6.45) is 3.24. The third kappa shape index (κ3) is 3.57. The van der Waals surface area contributed by atoms with Gasteiger partial charge in [-0.2, -0.15) is 0 Å². The van der Waals surface area contributed by atoms with Crippen LogP contribution in [-0.4, -0.2) is 21.5 Å². The number of halogens is 1. The van der Waals surface area contributed by atoms with Gasteiger partial charge in [-0.1, -0.05) is 18.3 Å². The van der Waals surface area contributed by atoms with Gasteiger partial charge in [-0.3, -0.25) is 0 Å². The Morgan fingerprint density at radius 2 is 2.15 bits per heavy atom. The molecule has 1 saturated carbocycles. The van der Waals surface area contributed by atoms with Crippen LogP contribution in [0.25, 0.3) is 0 Å². The zero-order chi connectivity index (χ0) is 14.6. The average Bonchev–Trinajstić information content (AvgIpc) is 2.35. The van der Waals surface area contributed by atoms with Crippen LogP contribution in [0.2, 0.25) is 0 Å². The minimum Gasteiger partial charge on any atom is -0.320 e. The van der Waals surface area contributed by atoms with Gasteiger partial charge in [0, 0.05) is 6.54 Å². The first kappa shape index (κ1) is 15.0. The molecule has 4 nitrogen and oxygen atoms in total. The molecular formula is C14H17FN2O2S. The molecule has 20 heavy (non-hydrogen) atoms. The highest BCUT2D eigenvalue weighted by Gasteiger charge is 2.21. The van der Waals surface area contributed by atoms with Gasteiger partial charge in [-0.25, -0.2) is 17.5 Å². The zero-order valence-corrected chi connectivity index (χ0v) is 11.8. The van der Waals surface area contributed by atoms with Crippen molar-refractivity contribution in [1.29, 1.82) is 0 Å². The molecule has 0 spiro atoms. The molecule has 1 aliphatic carbocycles. The molecule has 1 aromatic rings. The van der Waals surface area contributed by atoms with Crippen molar-refractivity contribution in [2.45, 2.75) is 24.2 Å². The smallest absolute Gasteiger partial charge is 0.240 e. The van der Waals surface area contributed by atoms with Gasteiger partial charge in [0.25, 0.3) is 0 Å². The highest BCUT2D eigenvalue weighted by Crippen LogP contribution is 2.25. The largest absolute Gasteiger partial charge is 0.320 e. The van der Waals surface area contributed by atoms with Crippen LogP contribution >= 0.6 is 0 Å². The molecule has 0 radical (unpaired) electrons. The fourth-order valence-electron chi connectivity index (χ4n) is 1.92. The molecule has 0 aromatic heterocycles. The molecular weight excluding hydrogens is 279 g/mol. The molecule has 108 valence electrons. The predicted molar refractivity (Wildman–Crippen MR) is 74.9 cm³/mol. The van der Waals surface area contributed by atoms with Crippen molar-refractivity contribution in [3.8, 4) is 11.8 Å². The van der Waals surface area contributed by atoms with Gasteiger partial charge in [-0.15, -0.1) is 0 Å². The summed E-state index contributed by atoms with van der Waals surface area (Å²) in [4.78, 5) is -0.0763. The van der Waals surface area contributed by atoms with Crippen LogP contribution in [0, 0.1) is 23.6 Å². The lowest BCUT2D eigenvalue weighted by molar-refractivity contribution is 0.316. The summed E-state index contributed by atoms with van der Waals surface area (Å²) in [5, 5.41) is 0. The lowest BCUT2D eigenvalue weighted by Gasteiger charge is -2.25. The second-order valence-corrected chi connectivity index (χ2v) is 6.56. The molecule has 2 rings (SSSR count). The van der Waals surface area contributed by atoms with Crippen LogP contribution in [0.5, 0.6) is 0 Å². The SMILES string of the molecule is NCC#Cc1ccc(S(=O)(=O)NCC2CCC2)cc1F. The van der Waals surface area contributed by atoms with Crippen molar-refractivity contribution in [3.63, 3.8) is 0 Å². The maximum atomic E-state index is 13.7. The number of benzene rings is 1. The van der Waals surface area contributed by atoms with E-state index < -0.39 is 15.8 Å². The third-order valence-corrected chi connectivity index (χ3v) is 4.78. The van der Waals surface area contributed by atoms with E-state index in [0.29, 0.717) is 12.5 Å². The van der Waals surface area contributed by atoms with Gasteiger partial charge in [0.2, 0.25) is 10.0 Å². The van der Waals surface area contributed by atoms with Crippen molar-refractivity contribution in [2.75, 3.05) is 13.1 Å². The second-order valence-electron chi connectivity index (χ2n) is 4.80. The van der Waals surface area contributed by atoms with Crippen LogP contribution in [0.1, 0.15) is 24.8 Å². The normalized spacial score (nSPS) is 15.3. The Bertz CT molecular complexity index is 643. The minimum absolute atomic E-state index is 0.0763. The Hall–Kier alpha value is -1.42. The van der Waals surface area contributed by atoms with E-state index in [1.165, 1.54) is 12.1 Å². The number of nitrogens with two attached hydrogens (primary N) is 1. The maximum Gasteiger partial charge on any atom is 0.240 e. The summed E-state index contributed by atoms with van der Waals surface area (Å²) in [6, 6.07) is 3.70. The first-order chi connectivity index (χ1) is 9.53. The van der Waals surface area contributed by atoms with E-state index in [1.54, 1.807) is 0 Å². The number of rotatable bonds is 4. The van der Waals surface area contributed by atoms with Crippen molar-refractivity contribution in [1.82, 2.24) is 4.72 Å². The summed E-state index contributed by atoms with van der Waals surface area (Å²) in [6.45, 7) is 0.543. The van der Waals surface area contributed by atoms with E-state index in [9.17, 15) is 12.8 Å². The Kier molecular flexibility index (Phi) is 4.76. The molecule has 1 aromatic carbocycles. The number of hydrogen-bond acceptors (Lipinski definition) is 3. The monoisotopic (exact) mass is 296 g/mol. The summed E-state index contributed by atoms with van der Waals surface area (Å²) in [5.41, 5.74) is 5.36. The van der Waals surface area contributed by atoms with Crippen molar-refractivity contribution >= 4 is 10.0 Å². The highest BCUT2D eigenvalue weighted by molar-refractivity contribution is 7.89. The first-order valence-electron chi connectivity index (χ1n) is 6.51. The fourth-order valence-corrected chi connectivity index (χ4v) is 3.05. The highest BCUT2D eigenvalue weighted by atomic mass is 32.2. The molecule has 0 bridgehead atoms. The first-order valence-corrected chi connectivity index (χ1v) is 7.99. The van der Waals surface area contributed by atoms with Gasteiger partial charge in [0.05, 0.1) is 17.0 Å². The van der Waals surface area contributed by atoms with E-state index >= 15 is 0 Å². The second kappa shape index (κ2) is 6.35. The van der Waals surface area contributed by atoms with Crippen LogP contribution < -0.4 is 10.5 Å². The van der Waals surface area contributed by atoms with E-state index in [-0.39, 0.29) is 17.0 Å². The lowest BCUT2D eigenvalue weighted by Crippen LogP contribution is -2.32. The van der Waals surface area contributed by atoms with Crippen molar-refractivity contribution in [2.24, 2.45) is 11.7 Å². The number of nitrogens with one attached hydrogen (secondary N) is 1. The van der Waals surface area contributed by atoms with E-state index in [2.05, 4.69) is 16.6 Å². The van der Waals surface area contributed by atoms with Crippen LogP contribution in [0.3, 0.4) is 0 Å². The quantitative estimate of drug-likeness (QED) is 0.821. The molecule has 0 amide bonds. The predicted octanol–water partition coefficient (Wildman–Crippen LogP) is 1.21. The minimum atomic E-state index is -3.65. The molecule has 0 heterocycles. The van der Waals surface area contributed by atoms with Gasteiger partial charge < -0.3 is 5.73 Å². The maximum absolute atomic E-state index is 13.7. The summed E-state index contributed by atoms with van der Waals surface area (Å²) in [7, 11) is -3.65. The van der Waals surface area contributed by atoms with Crippen LogP contribution in [-0.2, 0) is 10.0 Å².